The average Bonchev–Trinajstić information content (AvgIpc) is 2.21. The summed E-state index contributed by atoms with van der Waals surface area (Å²) in [7, 11) is 0. The highest BCUT2D eigenvalue weighted by Gasteiger charge is 2.10. The van der Waals surface area contributed by atoms with E-state index in [0.29, 0.717) is 0 Å². The molecule has 0 aliphatic carbocycles. The molecule has 4 nitrogen and oxygen atoms in total. The molecule has 0 radical (unpaired) electrons. The molecule has 0 unspecified atom stereocenters. The first-order chi connectivity index (χ1) is 8.06. The highest BCUT2D eigenvalue weighted by molar-refractivity contribution is 5.68. The van der Waals surface area contributed by atoms with Gasteiger partial charge in [-0.15, -0.1) is 0 Å². The fourth-order valence-corrected chi connectivity index (χ4v) is 1.33. The molecule has 0 amide bonds. The second-order valence-electron chi connectivity index (χ2n) is 3.86. The predicted molar refractivity (Wildman–Crippen MR) is 65.2 cm³/mol. The largest absolute Gasteiger partial charge is 0.421 e. The molecule has 0 aliphatic rings. The SMILES string of the molecule is CCCCCCC=CC(OC(C)=O)OC(C)=O. The third-order valence-electron chi connectivity index (χ3n) is 2.08. The molecule has 0 spiro atoms. The Hall–Kier alpha value is -1.32. The lowest BCUT2D eigenvalue weighted by atomic mass is 10.1. The number of esters is 2. The maximum Gasteiger partial charge on any atom is 0.305 e. The van der Waals surface area contributed by atoms with Gasteiger partial charge in [0.25, 0.3) is 6.29 Å². The first-order valence-corrected chi connectivity index (χ1v) is 6.07. The van der Waals surface area contributed by atoms with Crippen LogP contribution in [0.2, 0.25) is 0 Å². The standard InChI is InChI=1S/C13H22O4/c1-4-5-6-7-8-9-10-13(16-11(2)14)17-12(3)15/h9-10,13H,4-8H2,1-3H3. The Morgan fingerprint density at radius 3 is 2.12 bits per heavy atom. The highest BCUT2D eigenvalue weighted by Crippen LogP contribution is 2.05. The molecule has 98 valence electrons. The number of carbonyl (C=O) groups is 2. The molecule has 0 saturated carbocycles. The Morgan fingerprint density at radius 1 is 1.06 bits per heavy atom. The van der Waals surface area contributed by atoms with Crippen LogP contribution in [0.1, 0.15) is 52.9 Å². The summed E-state index contributed by atoms with van der Waals surface area (Å²) in [5.74, 6) is -0.932. The van der Waals surface area contributed by atoms with Crippen molar-refractivity contribution in [2.24, 2.45) is 0 Å². The summed E-state index contributed by atoms with van der Waals surface area (Å²) in [5, 5.41) is 0. The minimum Gasteiger partial charge on any atom is -0.421 e. The molecule has 0 aliphatic heterocycles. The number of rotatable bonds is 8. The lowest BCUT2D eigenvalue weighted by Gasteiger charge is -2.12. The molecule has 0 aromatic heterocycles. The Bertz CT molecular complexity index is 242. The summed E-state index contributed by atoms with van der Waals surface area (Å²) < 4.78 is 9.64. The smallest absolute Gasteiger partial charge is 0.305 e. The summed E-state index contributed by atoms with van der Waals surface area (Å²) in [6.45, 7) is 4.73. The van der Waals surface area contributed by atoms with Crippen LogP contribution >= 0.6 is 0 Å². The number of carbonyl (C=O) groups excluding carboxylic acids is 2. The molecule has 0 atom stereocenters. The number of hydrogen-bond acceptors (Lipinski definition) is 4. The molecule has 0 fully saturated rings. The van der Waals surface area contributed by atoms with Gasteiger partial charge >= 0.3 is 11.9 Å². The van der Waals surface area contributed by atoms with Crippen molar-refractivity contribution in [1.82, 2.24) is 0 Å². The molecular weight excluding hydrogens is 220 g/mol. The van der Waals surface area contributed by atoms with Crippen molar-refractivity contribution in [3.05, 3.63) is 12.2 Å². The van der Waals surface area contributed by atoms with E-state index in [1.165, 1.54) is 33.1 Å². The van der Waals surface area contributed by atoms with Crippen LogP contribution in [0.15, 0.2) is 12.2 Å². The first kappa shape index (κ1) is 15.7. The van der Waals surface area contributed by atoms with Gasteiger partial charge in [0, 0.05) is 13.8 Å². The summed E-state index contributed by atoms with van der Waals surface area (Å²) in [4.78, 5) is 21.5. The monoisotopic (exact) mass is 242 g/mol. The van der Waals surface area contributed by atoms with Gasteiger partial charge in [-0.3, -0.25) is 9.59 Å². The van der Waals surface area contributed by atoms with Crippen LogP contribution in [0.5, 0.6) is 0 Å². The van der Waals surface area contributed by atoms with Crippen molar-refractivity contribution in [1.29, 1.82) is 0 Å². The van der Waals surface area contributed by atoms with Crippen molar-refractivity contribution in [2.75, 3.05) is 0 Å². The average molecular weight is 242 g/mol. The van der Waals surface area contributed by atoms with Gasteiger partial charge in [-0.25, -0.2) is 0 Å². The zero-order chi connectivity index (χ0) is 13.1. The minimum absolute atomic E-state index is 0.466. The maximum absolute atomic E-state index is 10.8. The van der Waals surface area contributed by atoms with Gasteiger partial charge in [-0.2, -0.15) is 0 Å². The van der Waals surface area contributed by atoms with Crippen LogP contribution in [0.4, 0.5) is 0 Å². The third-order valence-corrected chi connectivity index (χ3v) is 2.08. The number of unbranched alkanes of at least 4 members (excludes halogenated alkanes) is 4. The fourth-order valence-electron chi connectivity index (χ4n) is 1.33. The van der Waals surface area contributed by atoms with Crippen molar-refractivity contribution >= 4 is 11.9 Å². The summed E-state index contributed by atoms with van der Waals surface area (Å²) in [6.07, 6.45) is 8.21. The van der Waals surface area contributed by atoms with Crippen molar-refractivity contribution in [3.8, 4) is 0 Å². The normalized spacial score (nSPS) is 10.8. The molecule has 0 rings (SSSR count). The van der Waals surface area contributed by atoms with E-state index < -0.39 is 18.2 Å². The molecule has 0 aromatic carbocycles. The van der Waals surface area contributed by atoms with E-state index in [2.05, 4.69) is 6.92 Å². The molecule has 0 aromatic rings. The van der Waals surface area contributed by atoms with Crippen LogP contribution in [0, 0.1) is 0 Å². The summed E-state index contributed by atoms with van der Waals surface area (Å²) >= 11 is 0. The molecule has 0 heterocycles. The summed E-state index contributed by atoms with van der Waals surface area (Å²) in [5.41, 5.74) is 0. The second-order valence-corrected chi connectivity index (χ2v) is 3.86. The Morgan fingerprint density at radius 2 is 1.65 bits per heavy atom. The molecule has 0 bridgehead atoms. The van der Waals surface area contributed by atoms with Gasteiger partial charge in [0.15, 0.2) is 0 Å². The molecule has 0 N–H and O–H groups in total. The van der Waals surface area contributed by atoms with Gasteiger partial charge in [-0.05, 0) is 18.9 Å². The number of hydrogen-bond donors (Lipinski definition) is 0. The van der Waals surface area contributed by atoms with E-state index in [-0.39, 0.29) is 0 Å². The van der Waals surface area contributed by atoms with Gasteiger partial charge in [0.1, 0.15) is 0 Å². The Balaban J connectivity index is 3.91. The van der Waals surface area contributed by atoms with Gasteiger partial charge in [-0.1, -0.05) is 32.3 Å². The first-order valence-electron chi connectivity index (χ1n) is 6.07. The van der Waals surface area contributed by atoms with Crippen LogP contribution < -0.4 is 0 Å². The van der Waals surface area contributed by atoms with E-state index in [1.54, 1.807) is 6.08 Å². The topological polar surface area (TPSA) is 52.6 Å². The molecule has 4 heteroatoms. The van der Waals surface area contributed by atoms with Crippen molar-refractivity contribution < 1.29 is 19.1 Å². The maximum atomic E-state index is 10.8. The quantitative estimate of drug-likeness (QED) is 0.284. The van der Waals surface area contributed by atoms with Crippen molar-refractivity contribution in [3.63, 3.8) is 0 Å². The second kappa shape index (κ2) is 9.87. The van der Waals surface area contributed by atoms with Gasteiger partial charge in [0.05, 0.1) is 0 Å². The number of allylic oxidation sites excluding steroid dienone is 1. The van der Waals surface area contributed by atoms with Gasteiger partial charge < -0.3 is 9.47 Å². The Labute approximate surface area is 103 Å². The van der Waals surface area contributed by atoms with Gasteiger partial charge in [0.2, 0.25) is 0 Å². The Kier molecular flexibility index (Phi) is 9.11. The lowest BCUT2D eigenvalue weighted by molar-refractivity contribution is -0.176. The molecule has 0 saturated heterocycles. The van der Waals surface area contributed by atoms with E-state index in [1.807, 2.05) is 6.08 Å². The van der Waals surface area contributed by atoms with Crippen molar-refractivity contribution in [2.45, 2.75) is 59.2 Å². The fraction of sp³-hybridized carbons (Fsp3) is 0.692. The molecule has 17 heavy (non-hydrogen) atoms. The van der Waals surface area contributed by atoms with Crippen LogP contribution in [-0.4, -0.2) is 18.2 Å². The highest BCUT2D eigenvalue weighted by atomic mass is 16.7. The van der Waals surface area contributed by atoms with E-state index in [0.717, 1.165) is 12.8 Å². The number of ether oxygens (including phenoxy) is 2. The van der Waals surface area contributed by atoms with E-state index in [4.69, 9.17) is 9.47 Å². The molecular formula is C13H22O4. The van der Waals surface area contributed by atoms with Crippen LogP contribution in [0.25, 0.3) is 0 Å². The van der Waals surface area contributed by atoms with E-state index in [9.17, 15) is 9.59 Å². The summed E-state index contributed by atoms with van der Waals surface area (Å²) in [6, 6.07) is 0. The lowest BCUT2D eigenvalue weighted by Crippen LogP contribution is -2.20. The predicted octanol–water partition coefficient (Wildman–Crippen LogP) is 2.97. The zero-order valence-electron chi connectivity index (χ0n) is 10.9. The van der Waals surface area contributed by atoms with E-state index >= 15 is 0 Å². The minimum atomic E-state index is -0.892. The zero-order valence-corrected chi connectivity index (χ0v) is 10.9. The third kappa shape index (κ3) is 11.0. The van der Waals surface area contributed by atoms with Crippen LogP contribution in [-0.2, 0) is 19.1 Å². The van der Waals surface area contributed by atoms with Crippen LogP contribution in [0.3, 0.4) is 0 Å².